The van der Waals surface area contributed by atoms with Gasteiger partial charge in [-0.05, 0) is 24.6 Å². The Morgan fingerprint density at radius 1 is 1.19 bits per heavy atom. The Hall–Kier alpha value is -2.61. The summed E-state index contributed by atoms with van der Waals surface area (Å²) >= 11 is 0. The zero-order valence-electron chi connectivity index (χ0n) is 15.1. The number of quaternary nitrogens is 1. The summed E-state index contributed by atoms with van der Waals surface area (Å²) in [5.74, 6) is 0.625. The summed E-state index contributed by atoms with van der Waals surface area (Å²) in [6.07, 6.45) is -3.35. The van der Waals surface area contributed by atoms with Crippen molar-refractivity contribution in [1.82, 2.24) is 0 Å². The quantitative estimate of drug-likeness (QED) is 0.837. The predicted molar refractivity (Wildman–Crippen MR) is 95.6 cm³/mol. The van der Waals surface area contributed by atoms with Gasteiger partial charge in [-0.25, -0.2) is 4.98 Å². The minimum absolute atomic E-state index is 0.0335. The number of halogens is 3. The number of piperazine rings is 1. The van der Waals surface area contributed by atoms with Crippen molar-refractivity contribution in [2.24, 2.45) is 0 Å². The Bertz CT molecular complexity index is 784. The normalized spacial score (nSPS) is 15.6. The summed E-state index contributed by atoms with van der Waals surface area (Å²) in [5.41, 5.74) is 1.15. The molecule has 27 heavy (non-hydrogen) atoms. The molecule has 1 aromatic heterocycles. The van der Waals surface area contributed by atoms with E-state index in [0.717, 1.165) is 41.5 Å². The van der Waals surface area contributed by atoms with Gasteiger partial charge in [-0.15, -0.1) is 0 Å². The van der Waals surface area contributed by atoms with Crippen LogP contribution in [-0.2, 0) is 11.0 Å². The molecule has 2 aromatic rings. The average molecular weight is 380 g/mol. The second kappa shape index (κ2) is 7.96. The number of hydrogen-bond donors (Lipinski definition) is 2. The summed E-state index contributed by atoms with van der Waals surface area (Å²) in [7, 11) is 0. The highest BCUT2D eigenvalue weighted by Crippen LogP contribution is 2.28. The van der Waals surface area contributed by atoms with Gasteiger partial charge in [0, 0.05) is 11.8 Å². The number of aromatic amines is 1. The van der Waals surface area contributed by atoms with Crippen LogP contribution in [0.2, 0.25) is 0 Å². The van der Waals surface area contributed by atoms with Crippen molar-refractivity contribution in [2.45, 2.75) is 13.1 Å². The molecule has 144 valence electrons. The van der Waals surface area contributed by atoms with Crippen LogP contribution < -0.4 is 20.1 Å². The van der Waals surface area contributed by atoms with E-state index in [-0.39, 0.29) is 5.91 Å². The van der Waals surface area contributed by atoms with E-state index < -0.39 is 11.7 Å². The number of benzene rings is 1. The summed E-state index contributed by atoms with van der Waals surface area (Å²) < 4.78 is 37.9. The number of amides is 1. The van der Waals surface area contributed by atoms with Crippen molar-refractivity contribution in [1.29, 1.82) is 0 Å². The van der Waals surface area contributed by atoms with E-state index in [1.165, 1.54) is 6.07 Å². The van der Waals surface area contributed by atoms with Crippen LogP contribution in [0.15, 0.2) is 42.6 Å². The number of H-pyrrole nitrogens is 1. The van der Waals surface area contributed by atoms with Crippen LogP contribution in [-0.4, -0.2) is 38.6 Å². The number of carbonyl (C=O) groups is 1. The Morgan fingerprint density at radius 2 is 1.89 bits per heavy atom. The van der Waals surface area contributed by atoms with Crippen LogP contribution in [0.5, 0.6) is 0 Å². The highest BCUT2D eigenvalue weighted by atomic mass is 19.4. The zero-order valence-corrected chi connectivity index (χ0v) is 15.1. The highest BCUT2D eigenvalue weighted by Gasteiger charge is 2.33. The standard InChI is InChI=1S/C19H21F3N4O/c1-14-4-2-3-5-16(14)24-18(27)13-25-8-10-26(11-9-25)17-7-6-15(12-23-17)19(20,21)22/h2-7,12H,8-11,13H2,1H3,(H,24,27)/p+2. The fraction of sp³-hybridized carbons (Fsp3) is 0.368. The number of aromatic nitrogens is 1. The van der Waals surface area contributed by atoms with E-state index in [0.29, 0.717) is 25.5 Å². The molecule has 0 radical (unpaired) electrons. The van der Waals surface area contributed by atoms with Gasteiger partial charge < -0.3 is 10.2 Å². The summed E-state index contributed by atoms with van der Waals surface area (Å²) in [6.45, 7) is 5.16. The number of carbonyl (C=O) groups excluding carboxylic acids is 1. The fourth-order valence-electron chi connectivity index (χ4n) is 3.16. The monoisotopic (exact) mass is 380 g/mol. The van der Waals surface area contributed by atoms with Crippen LogP contribution in [0, 0.1) is 6.92 Å². The number of nitrogens with one attached hydrogen (secondary N) is 3. The third-order valence-corrected chi connectivity index (χ3v) is 4.76. The van der Waals surface area contributed by atoms with E-state index in [1.54, 1.807) is 0 Å². The maximum Gasteiger partial charge on any atom is 0.419 e. The number of alkyl halides is 3. The summed E-state index contributed by atoms with van der Waals surface area (Å²) in [4.78, 5) is 18.1. The van der Waals surface area contributed by atoms with Crippen molar-refractivity contribution in [3.63, 3.8) is 0 Å². The lowest BCUT2D eigenvalue weighted by atomic mass is 10.2. The first-order valence-corrected chi connectivity index (χ1v) is 8.86. The number of pyridine rings is 1. The van der Waals surface area contributed by atoms with Gasteiger partial charge in [-0.1, -0.05) is 18.2 Å². The maximum absolute atomic E-state index is 12.6. The van der Waals surface area contributed by atoms with Gasteiger partial charge in [0.2, 0.25) is 0 Å². The fourth-order valence-corrected chi connectivity index (χ4v) is 3.16. The molecule has 1 aliphatic rings. The van der Waals surface area contributed by atoms with Crippen LogP contribution in [0.3, 0.4) is 0 Å². The Kier molecular flexibility index (Phi) is 5.65. The van der Waals surface area contributed by atoms with Gasteiger partial charge in [0.25, 0.3) is 11.7 Å². The molecule has 1 fully saturated rings. The molecule has 0 aliphatic carbocycles. The molecular weight excluding hydrogens is 357 g/mol. The molecule has 8 heteroatoms. The lowest BCUT2D eigenvalue weighted by Crippen LogP contribution is -3.15. The molecule has 3 N–H and O–H groups in total. The number of aryl methyl sites for hydroxylation is 1. The van der Waals surface area contributed by atoms with Crippen molar-refractivity contribution >= 4 is 17.4 Å². The van der Waals surface area contributed by atoms with Crippen LogP contribution in [0.25, 0.3) is 0 Å². The van der Waals surface area contributed by atoms with Gasteiger partial charge >= 0.3 is 6.18 Å². The molecule has 0 unspecified atom stereocenters. The smallest absolute Gasteiger partial charge is 0.321 e. The van der Waals surface area contributed by atoms with Gasteiger partial charge in [0.15, 0.2) is 6.54 Å². The van der Waals surface area contributed by atoms with Crippen molar-refractivity contribution in [3.8, 4) is 0 Å². The second-order valence-electron chi connectivity index (χ2n) is 6.74. The van der Waals surface area contributed by atoms with E-state index in [2.05, 4.69) is 10.3 Å². The molecule has 0 spiro atoms. The van der Waals surface area contributed by atoms with Gasteiger partial charge in [-0.3, -0.25) is 9.69 Å². The van der Waals surface area contributed by atoms with Crippen molar-refractivity contribution in [2.75, 3.05) is 42.9 Å². The van der Waals surface area contributed by atoms with Crippen molar-refractivity contribution < 1.29 is 27.8 Å². The Labute approximate surface area is 155 Å². The lowest BCUT2D eigenvalue weighted by Gasteiger charge is -2.28. The van der Waals surface area contributed by atoms with Gasteiger partial charge in [-0.2, -0.15) is 13.2 Å². The number of hydrogen-bond acceptors (Lipinski definition) is 2. The van der Waals surface area contributed by atoms with E-state index in [9.17, 15) is 18.0 Å². The zero-order chi connectivity index (χ0) is 19.4. The number of rotatable bonds is 4. The average Bonchev–Trinajstić information content (AvgIpc) is 2.64. The second-order valence-corrected chi connectivity index (χ2v) is 6.74. The summed E-state index contributed by atoms with van der Waals surface area (Å²) in [5, 5.41) is 2.93. The SMILES string of the molecule is Cc1ccccc1NC(=O)C[NH+]1CCN(c2ccc(C(F)(F)F)c[nH+]2)CC1. The minimum Gasteiger partial charge on any atom is -0.321 e. The van der Waals surface area contributed by atoms with E-state index >= 15 is 0 Å². The van der Waals surface area contributed by atoms with Gasteiger partial charge in [0.05, 0.1) is 5.56 Å². The predicted octanol–water partition coefficient (Wildman–Crippen LogP) is 1.17. The molecule has 5 nitrogen and oxygen atoms in total. The first-order valence-electron chi connectivity index (χ1n) is 8.86. The molecule has 3 rings (SSSR count). The number of anilines is 2. The Balaban J connectivity index is 1.50. The molecule has 1 saturated heterocycles. The maximum atomic E-state index is 12.6. The number of nitrogens with zero attached hydrogens (tertiary/aromatic N) is 1. The molecular formula is C19H23F3N4O+2. The van der Waals surface area contributed by atoms with Crippen molar-refractivity contribution in [3.05, 3.63) is 53.7 Å². The molecule has 0 saturated carbocycles. The first-order chi connectivity index (χ1) is 12.8. The van der Waals surface area contributed by atoms with Crippen LogP contribution in [0.4, 0.5) is 24.7 Å². The molecule has 2 heterocycles. The molecule has 1 aromatic carbocycles. The van der Waals surface area contributed by atoms with E-state index in [1.807, 2.05) is 36.1 Å². The third kappa shape index (κ3) is 4.97. The molecule has 0 bridgehead atoms. The van der Waals surface area contributed by atoms with Crippen LogP contribution in [0.1, 0.15) is 11.1 Å². The van der Waals surface area contributed by atoms with Gasteiger partial charge in [0.1, 0.15) is 32.4 Å². The molecule has 0 atom stereocenters. The largest absolute Gasteiger partial charge is 0.419 e. The van der Waals surface area contributed by atoms with Crippen LogP contribution >= 0.6 is 0 Å². The topological polar surface area (TPSA) is 50.9 Å². The van der Waals surface area contributed by atoms with E-state index in [4.69, 9.17) is 0 Å². The first kappa shape index (κ1) is 19.2. The Morgan fingerprint density at radius 3 is 2.48 bits per heavy atom. The third-order valence-electron chi connectivity index (χ3n) is 4.76. The minimum atomic E-state index is -4.34. The highest BCUT2D eigenvalue weighted by molar-refractivity contribution is 5.92. The summed E-state index contributed by atoms with van der Waals surface area (Å²) in [6, 6.07) is 10.2. The molecule has 1 aliphatic heterocycles. The number of para-hydroxylation sites is 1. The molecule has 1 amide bonds. The lowest BCUT2D eigenvalue weighted by molar-refractivity contribution is -0.892.